The Kier molecular flexibility index (Phi) is 4.39. The van der Waals surface area contributed by atoms with Gasteiger partial charge in [-0.1, -0.05) is 6.92 Å². The van der Waals surface area contributed by atoms with E-state index in [9.17, 15) is 4.79 Å². The topological polar surface area (TPSA) is 54.7 Å². The first kappa shape index (κ1) is 16.2. The first-order valence-electron chi connectivity index (χ1n) is 9.33. The lowest BCUT2D eigenvalue weighted by atomic mass is 9.80. The zero-order valence-electron chi connectivity index (χ0n) is 14.5. The number of likely N-dealkylation sites (tertiary alicyclic amines) is 1. The van der Waals surface area contributed by atoms with Crippen molar-refractivity contribution < 1.29 is 13.9 Å². The molecule has 0 bridgehead atoms. The zero-order chi connectivity index (χ0) is 16.6. The van der Waals surface area contributed by atoms with E-state index in [1.54, 1.807) is 6.26 Å². The highest BCUT2D eigenvalue weighted by Gasteiger charge is 2.48. The van der Waals surface area contributed by atoms with E-state index in [0.717, 1.165) is 51.4 Å². The van der Waals surface area contributed by atoms with Gasteiger partial charge in [-0.15, -0.1) is 0 Å². The van der Waals surface area contributed by atoms with Gasteiger partial charge in [-0.25, -0.2) is 0 Å². The molecular weight excluding hydrogens is 304 g/mol. The predicted octanol–water partition coefficient (Wildman–Crippen LogP) is 2.57. The highest BCUT2D eigenvalue weighted by molar-refractivity contribution is 5.81. The molecule has 5 heteroatoms. The van der Waals surface area contributed by atoms with Crippen molar-refractivity contribution in [2.45, 2.75) is 57.3 Å². The van der Waals surface area contributed by atoms with Gasteiger partial charge in [0.1, 0.15) is 6.10 Å². The molecule has 3 atom stereocenters. The van der Waals surface area contributed by atoms with Gasteiger partial charge in [0.15, 0.2) is 0 Å². The number of piperidine rings is 1. The average Bonchev–Trinajstić information content (AvgIpc) is 3.07. The molecule has 1 saturated carbocycles. The summed E-state index contributed by atoms with van der Waals surface area (Å²) >= 11 is 0. The van der Waals surface area contributed by atoms with E-state index in [4.69, 9.17) is 9.15 Å². The van der Waals surface area contributed by atoms with E-state index < -0.39 is 0 Å². The summed E-state index contributed by atoms with van der Waals surface area (Å²) in [4.78, 5) is 14.8. The summed E-state index contributed by atoms with van der Waals surface area (Å²) in [5.74, 6) is 1.26. The van der Waals surface area contributed by atoms with Crippen molar-refractivity contribution >= 4 is 5.91 Å². The van der Waals surface area contributed by atoms with Crippen LogP contribution < -0.4 is 5.32 Å². The average molecular weight is 332 g/mol. The van der Waals surface area contributed by atoms with Crippen molar-refractivity contribution in [2.75, 3.05) is 19.6 Å². The molecule has 3 heterocycles. The Bertz CT molecular complexity index is 569. The minimum atomic E-state index is -0.244. The lowest BCUT2D eigenvalue weighted by molar-refractivity contribution is -0.147. The van der Waals surface area contributed by atoms with E-state index in [-0.39, 0.29) is 17.6 Å². The van der Waals surface area contributed by atoms with Gasteiger partial charge in [-0.2, -0.15) is 0 Å². The predicted molar refractivity (Wildman–Crippen MR) is 90.3 cm³/mol. The number of nitrogens with one attached hydrogen (secondary N) is 1. The third kappa shape index (κ3) is 3.38. The molecule has 1 aromatic heterocycles. The van der Waals surface area contributed by atoms with Crippen LogP contribution in [0.1, 0.15) is 44.6 Å². The van der Waals surface area contributed by atoms with Crippen LogP contribution in [0.5, 0.6) is 0 Å². The van der Waals surface area contributed by atoms with Gasteiger partial charge in [0.2, 0.25) is 5.91 Å². The molecule has 0 radical (unpaired) electrons. The molecule has 1 amide bonds. The van der Waals surface area contributed by atoms with Crippen LogP contribution >= 0.6 is 0 Å². The fourth-order valence-corrected chi connectivity index (χ4v) is 4.21. The van der Waals surface area contributed by atoms with E-state index >= 15 is 0 Å². The number of ether oxygens (including phenoxy) is 1. The molecule has 0 aromatic carbocycles. The van der Waals surface area contributed by atoms with Crippen molar-refractivity contribution in [3.8, 4) is 0 Å². The van der Waals surface area contributed by atoms with Crippen LogP contribution in [0.25, 0.3) is 0 Å². The van der Waals surface area contributed by atoms with Crippen LogP contribution in [0.2, 0.25) is 0 Å². The van der Waals surface area contributed by atoms with Gasteiger partial charge in [-0.3, -0.25) is 9.69 Å². The molecular formula is C19H28N2O3. The summed E-state index contributed by atoms with van der Waals surface area (Å²) in [6.07, 6.45) is 8.72. The number of carbonyl (C=O) groups is 1. The minimum Gasteiger partial charge on any atom is -0.472 e. The van der Waals surface area contributed by atoms with Gasteiger partial charge >= 0.3 is 0 Å². The summed E-state index contributed by atoms with van der Waals surface area (Å²) in [6, 6.07) is 2.03. The number of nitrogens with zero attached hydrogens (tertiary/aromatic N) is 1. The molecule has 132 valence electrons. The molecule has 1 aromatic rings. The Morgan fingerprint density at radius 3 is 2.96 bits per heavy atom. The number of furan rings is 1. The van der Waals surface area contributed by atoms with Crippen molar-refractivity contribution in [3.63, 3.8) is 0 Å². The highest BCUT2D eigenvalue weighted by Crippen LogP contribution is 2.42. The van der Waals surface area contributed by atoms with Crippen LogP contribution in [0.3, 0.4) is 0 Å². The summed E-state index contributed by atoms with van der Waals surface area (Å²) in [7, 11) is 0. The van der Waals surface area contributed by atoms with Crippen LogP contribution in [0, 0.1) is 11.8 Å². The molecule has 2 aliphatic heterocycles. The Morgan fingerprint density at radius 1 is 1.38 bits per heavy atom. The van der Waals surface area contributed by atoms with Gasteiger partial charge in [0.25, 0.3) is 0 Å². The van der Waals surface area contributed by atoms with Crippen molar-refractivity contribution in [2.24, 2.45) is 11.8 Å². The lowest BCUT2D eigenvalue weighted by Crippen LogP contribution is -2.51. The first-order valence-corrected chi connectivity index (χ1v) is 9.33. The third-order valence-electron chi connectivity index (χ3n) is 6.03. The number of hydrogen-bond acceptors (Lipinski definition) is 4. The van der Waals surface area contributed by atoms with Crippen LogP contribution in [-0.2, 0) is 16.1 Å². The second-order valence-electron chi connectivity index (χ2n) is 7.92. The minimum absolute atomic E-state index is 0.103. The smallest absolute Gasteiger partial charge is 0.249 e. The second-order valence-corrected chi connectivity index (χ2v) is 7.92. The number of hydrogen-bond donors (Lipinski definition) is 1. The molecule has 5 nitrogen and oxygen atoms in total. The molecule has 3 aliphatic rings. The molecule has 1 aliphatic carbocycles. The van der Waals surface area contributed by atoms with E-state index in [1.165, 1.54) is 18.4 Å². The lowest BCUT2D eigenvalue weighted by Gasteiger charge is -2.44. The summed E-state index contributed by atoms with van der Waals surface area (Å²) in [5, 5.41) is 3.08. The molecule has 4 rings (SSSR count). The molecule has 3 unspecified atom stereocenters. The maximum atomic E-state index is 12.3. The Labute approximate surface area is 143 Å². The Morgan fingerprint density at radius 2 is 2.25 bits per heavy atom. The van der Waals surface area contributed by atoms with Crippen molar-refractivity contribution in [3.05, 3.63) is 24.2 Å². The van der Waals surface area contributed by atoms with Crippen LogP contribution in [0.15, 0.2) is 23.0 Å². The van der Waals surface area contributed by atoms with Gasteiger partial charge < -0.3 is 14.5 Å². The molecule has 24 heavy (non-hydrogen) atoms. The summed E-state index contributed by atoms with van der Waals surface area (Å²) in [5.41, 5.74) is 1.12. The van der Waals surface area contributed by atoms with Gasteiger partial charge in [0, 0.05) is 31.7 Å². The number of carbonyl (C=O) groups excluding carboxylic acids is 1. The maximum absolute atomic E-state index is 12.3. The molecule has 1 N–H and O–H groups in total. The first-order chi connectivity index (χ1) is 11.6. The molecule has 1 spiro atoms. The highest BCUT2D eigenvalue weighted by atomic mass is 16.5. The fourth-order valence-electron chi connectivity index (χ4n) is 4.21. The van der Waals surface area contributed by atoms with Gasteiger partial charge in [0.05, 0.1) is 18.1 Å². The molecule has 2 saturated heterocycles. The normalized spacial score (nSPS) is 33.9. The van der Waals surface area contributed by atoms with E-state index in [2.05, 4.69) is 17.1 Å². The third-order valence-corrected chi connectivity index (χ3v) is 6.03. The van der Waals surface area contributed by atoms with Crippen LogP contribution in [-0.4, -0.2) is 42.1 Å². The second kappa shape index (κ2) is 6.52. The number of amides is 1. The standard InChI is InChI=1S/C19H28N2O3/c1-14-11-21(12-16-5-9-23-13-16)8-7-19(14)6-4-17(24-19)18(22)20-10-15-2-3-15/h5,9,13-15,17H,2-4,6-8,10-12H2,1H3,(H,20,22). The molecule has 3 fully saturated rings. The maximum Gasteiger partial charge on any atom is 0.249 e. The van der Waals surface area contributed by atoms with E-state index in [0.29, 0.717) is 5.92 Å². The largest absolute Gasteiger partial charge is 0.472 e. The van der Waals surface area contributed by atoms with Crippen LogP contribution in [0.4, 0.5) is 0 Å². The quantitative estimate of drug-likeness (QED) is 0.900. The summed E-state index contributed by atoms with van der Waals surface area (Å²) in [6.45, 7) is 6.07. The fraction of sp³-hybridized carbons (Fsp3) is 0.737. The Balaban J connectivity index is 1.30. The van der Waals surface area contributed by atoms with Crippen molar-refractivity contribution in [1.82, 2.24) is 10.2 Å². The monoisotopic (exact) mass is 332 g/mol. The zero-order valence-corrected chi connectivity index (χ0v) is 14.5. The summed E-state index contributed by atoms with van der Waals surface area (Å²) < 4.78 is 11.5. The Hall–Kier alpha value is -1.33. The van der Waals surface area contributed by atoms with Gasteiger partial charge in [-0.05, 0) is 50.0 Å². The van der Waals surface area contributed by atoms with E-state index in [1.807, 2.05) is 12.3 Å². The number of rotatable bonds is 5. The SMILES string of the molecule is CC1CN(Cc2ccoc2)CCC12CCC(C(=O)NCC1CC1)O2. The van der Waals surface area contributed by atoms with Crippen molar-refractivity contribution in [1.29, 1.82) is 0 Å².